The molecule has 0 aromatic rings. The van der Waals surface area contributed by atoms with Gasteiger partial charge in [0.05, 0.1) is 18.7 Å². The van der Waals surface area contributed by atoms with Crippen molar-refractivity contribution in [1.29, 1.82) is 0 Å². The standard InChI is InChI=1S/C22H43N5O12/c1-6(24)17-15(33)16(34)22(37-17)39-19-12(30)8(27-20(35)9(29)2-3-23)4-7(25)18(19)38-21-11(26)14(32)13(31)10(5-28)36-21/h6-19,21-22,28-34H,2-5,23-26H2,1H3,(H,27,35)/t6-,7?,8-,9+,10?,11?,12-,13-,14?,15?,16+,17-,18-,19?,21-,22+/m1/s1. The van der Waals surface area contributed by atoms with Crippen LogP contribution in [0.3, 0.4) is 0 Å². The minimum Gasteiger partial charge on any atom is -0.394 e. The molecule has 1 saturated carbocycles. The van der Waals surface area contributed by atoms with Crippen molar-refractivity contribution in [3.8, 4) is 0 Å². The van der Waals surface area contributed by atoms with Crippen LogP contribution in [0.1, 0.15) is 19.8 Å². The lowest BCUT2D eigenvalue weighted by molar-refractivity contribution is -0.310. The van der Waals surface area contributed by atoms with Crippen molar-refractivity contribution >= 4 is 5.91 Å². The molecule has 3 fully saturated rings. The Kier molecular flexibility index (Phi) is 11.4. The first-order valence-corrected chi connectivity index (χ1v) is 12.9. The number of nitrogens with two attached hydrogens (primary N) is 4. The van der Waals surface area contributed by atoms with E-state index < -0.39 is 110 Å². The van der Waals surface area contributed by atoms with Gasteiger partial charge in [0.25, 0.3) is 0 Å². The summed E-state index contributed by atoms with van der Waals surface area (Å²) in [5.74, 6) is -0.806. The molecule has 0 bridgehead atoms. The number of carbonyl (C=O) groups excluding carboxylic acids is 1. The highest BCUT2D eigenvalue weighted by Crippen LogP contribution is 2.33. The van der Waals surface area contributed by atoms with E-state index in [1.807, 2.05) is 0 Å². The van der Waals surface area contributed by atoms with Gasteiger partial charge in [-0.3, -0.25) is 4.79 Å². The molecule has 16 atom stereocenters. The molecule has 2 aliphatic heterocycles. The predicted molar refractivity (Wildman–Crippen MR) is 130 cm³/mol. The highest BCUT2D eigenvalue weighted by atomic mass is 16.7. The maximum Gasteiger partial charge on any atom is 0.249 e. The molecule has 228 valence electrons. The van der Waals surface area contributed by atoms with E-state index in [9.17, 15) is 40.5 Å². The second-order valence-electron chi connectivity index (χ2n) is 10.4. The van der Waals surface area contributed by atoms with Crippen LogP contribution < -0.4 is 28.3 Å². The van der Waals surface area contributed by atoms with Crippen LogP contribution in [-0.4, -0.2) is 153 Å². The van der Waals surface area contributed by atoms with E-state index in [1.165, 1.54) is 0 Å². The number of hydrogen-bond acceptors (Lipinski definition) is 16. The smallest absolute Gasteiger partial charge is 0.249 e. The number of carbonyl (C=O) groups is 1. The summed E-state index contributed by atoms with van der Waals surface area (Å²) in [6, 6.07) is -4.04. The molecule has 3 aliphatic rings. The number of aliphatic hydroxyl groups is 7. The SMILES string of the molecule is C[C@@H](N)[C@H]1O[C@@H](OC2[C@H](O[C@H]3OC(CO)[C@@H](O)C(O)C3N)C(N)C[C@@H](NC(=O)[C@@H](O)CCN)[C@H]2O)[C@@H](O)C1O. The van der Waals surface area contributed by atoms with E-state index >= 15 is 0 Å². The minimum atomic E-state index is -1.57. The van der Waals surface area contributed by atoms with Crippen molar-refractivity contribution in [2.24, 2.45) is 22.9 Å². The highest BCUT2D eigenvalue weighted by Gasteiger charge is 2.53. The Bertz CT molecular complexity index is 799. The van der Waals surface area contributed by atoms with Crippen molar-refractivity contribution in [3.63, 3.8) is 0 Å². The van der Waals surface area contributed by atoms with Crippen molar-refractivity contribution in [2.45, 2.75) is 118 Å². The Balaban J connectivity index is 1.85. The summed E-state index contributed by atoms with van der Waals surface area (Å²) in [4.78, 5) is 12.4. The van der Waals surface area contributed by atoms with E-state index in [2.05, 4.69) is 5.32 Å². The Labute approximate surface area is 224 Å². The second-order valence-corrected chi connectivity index (χ2v) is 10.4. The van der Waals surface area contributed by atoms with Gasteiger partial charge >= 0.3 is 0 Å². The van der Waals surface area contributed by atoms with Gasteiger partial charge in [-0.05, 0) is 26.3 Å². The number of ether oxygens (including phenoxy) is 4. The first-order chi connectivity index (χ1) is 18.3. The van der Waals surface area contributed by atoms with Crippen molar-refractivity contribution in [3.05, 3.63) is 0 Å². The van der Waals surface area contributed by atoms with E-state index in [0.29, 0.717) is 0 Å². The van der Waals surface area contributed by atoms with Gasteiger partial charge < -0.3 is 82.9 Å². The summed E-state index contributed by atoms with van der Waals surface area (Å²) in [5, 5.41) is 74.5. The van der Waals surface area contributed by atoms with Gasteiger partial charge in [0.2, 0.25) is 5.91 Å². The Morgan fingerprint density at radius 3 is 2.18 bits per heavy atom. The number of rotatable bonds is 10. The number of hydrogen-bond donors (Lipinski definition) is 12. The van der Waals surface area contributed by atoms with Crippen molar-refractivity contribution in [1.82, 2.24) is 5.32 Å². The summed E-state index contributed by atoms with van der Waals surface area (Å²) in [6.45, 7) is 0.930. The van der Waals surface area contributed by atoms with Gasteiger partial charge in [-0.25, -0.2) is 0 Å². The molecule has 2 heterocycles. The zero-order valence-corrected chi connectivity index (χ0v) is 21.5. The molecule has 0 aromatic heterocycles. The van der Waals surface area contributed by atoms with Crippen LogP contribution in [0.2, 0.25) is 0 Å². The molecule has 6 unspecified atom stereocenters. The largest absolute Gasteiger partial charge is 0.394 e. The maximum atomic E-state index is 12.4. The van der Waals surface area contributed by atoms with Gasteiger partial charge in [0, 0.05) is 12.1 Å². The first-order valence-electron chi connectivity index (χ1n) is 12.9. The molecular weight excluding hydrogens is 526 g/mol. The lowest BCUT2D eigenvalue weighted by Gasteiger charge is -2.47. The lowest BCUT2D eigenvalue weighted by Crippen LogP contribution is -2.69. The van der Waals surface area contributed by atoms with Crippen LogP contribution in [0, 0.1) is 0 Å². The molecule has 1 aliphatic carbocycles. The summed E-state index contributed by atoms with van der Waals surface area (Å²) in [6.07, 6.45) is -17.0. The zero-order chi connectivity index (χ0) is 29.2. The van der Waals surface area contributed by atoms with Crippen LogP contribution in [0.25, 0.3) is 0 Å². The van der Waals surface area contributed by atoms with Crippen molar-refractivity contribution in [2.75, 3.05) is 13.2 Å². The average molecular weight is 570 g/mol. The molecule has 39 heavy (non-hydrogen) atoms. The molecule has 16 N–H and O–H groups in total. The Hall–Kier alpha value is -1.13. The van der Waals surface area contributed by atoms with E-state index in [4.69, 9.17) is 41.9 Å². The van der Waals surface area contributed by atoms with E-state index in [1.54, 1.807) is 6.92 Å². The summed E-state index contributed by atoms with van der Waals surface area (Å²) < 4.78 is 22.9. The van der Waals surface area contributed by atoms with Gasteiger partial charge in [-0.15, -0.1) is 0 Å². The average Bonchev–Trinajstić information content (AvgIpc) is 3.17. The van der Waals surface area contributed by atoms with Crippen LogP contribution in [0.5, 0.6) is 0 Å². The molecule has 17 nitrogen and oxygen atoms in total. The van der Waals surface area contributed by atoms with E-state index in [-0.39, 0.29) is 19.4 Å². The molecule has 0 radical (unpaired) electrons. The third-order valence-electron chi connectivity index (χ3n) is 7.38. The van der Waals surface area contributed by atoms with Crippen LogP contribution >= 0.6 is 0 Å². The highest BCUT2D eigenvalue weighted by molar-refractivity contribution is 5.80. The van der Waals surface area contributed by atoms with Gasteiger partial charge in [-0.1, -0.05) is 0 Å². The maximum absolute atomic E-state index is 12.4. The Morgan fingerprint density at radius 1 is 0.974 bits per heavy atom. The van der Waals surface area contributed by atoms with Crippen LogP contribution in [0.15, 0.2) is 0 Å². The topological polar surface area (TPSA) is 312 Å². The fourth-order valence-electron chi connectivity index (χ4n) is 5.04. The second kappa shape index (κ2) is 13.7. The van der Waals surface area contributed by atoms with Gasteiger partial charge in [0.1, 0.15) is 61.0 Å². The normalized spacial score (nSPS) is 46.6. The predicted octanol–water partition coefficient (Wildman–Crippen LogP) is -7.40. The quantitative estimate of drug-likeness (QED) is 0.116. The summed E-state index contributed by atoms with van der Waals surface area (Å²) in [7, 11) is 0. The molecule has 1 amide bonds. The molecule has 17 heteroatoms. The fraction of sp³-hybridized carbons (Fsp3) is 0.955. The molecule has 2 saturated heterocycles. The van der Waals surface area contributed by atoms with Crippen molar-refractivity contribution < 1.29 is 59.5 Å². The summed E-state index contributed by atoms with van der Waals surface area (Å²) >= 11 is 0. The fourth-order valence-corrected chi connectivity index (χ4v) is 5.04. The van der Waals surface area contributed by atoms with E-state index in [0.717, 1.165) is 0 Å². The molecular formula is C22H43N5O12. The minimum absolute atomic E-state index is 0.0257. The third-order valence-corrected chi connectivity index (χ3v) is 7.38. The number of amides is 1. The third kappa shape index (κ3) is 7.03. The number of nitrogens with one attached hydrogen (secondary N) is 1. The molecule has 0 aromatic carbocycles. The summed E-state index contributed by atoms with van der Waals surface area (Å²) in [5.41, 5.74) is 23.6. The molecule has 3 rings (SSSR count). The van der Waals surface area contributed by atoms with Gasteiger partial charge in [0.15, 0.2) is 12.6 Å². The lowest BCUT2D eigenvalue weighted by atomic mass is 9.83. The van der Waals surface area contributed by atoms with Gasteiger partial charge in [-0.2, -0.15) is 0 Å². The zero-order valence-electron chi connectivity index (χ0n) is 21.5. The molecule has 0 spiro atoms. The first kappa shape index (κ1) is 32.4. The number of aliphatic hydroxyl groups excluding tert-OH is 7. The Morgan fingerprint density at radius 2 is 1.62 bits per heavy atom. The van der Waals surface area contributed by atoms with Crippen LogP contribution in [0.4, 0.5) is 0 Å². The van der Waals surface area contributed by atoms with Crippen LogP contribution in [-0.2, 0) is 23.7 Å². The monoisotopic (exact) mass is 569 g/mol.